The van der Waals surface area contributed by atoms with Crippen LogP contribution < -0.4 is 10.9 Å². The van der Waals surface area contributed by atoms with E-state index in [0.29, 0.717) is 5.56 Å². The third-order valence-electron chi connectivity index (χ3n) is 3.22. The summed E-state index contributed by atoms with van der Waals surface area (Å²) in [6.45, 7) is 0.969. The number of alkyl halides is 3. The molecule has 1 heterocycles. The van der Waals surface area contributed by atoms with Gasteiger partial charge in [-0.3, -0.25) is 9.59 Å². The second-order valence-corrected chi connectivity index (χ2v) is 5.04. The van der Waals surface area contributed by atoms with Crippen LogP contribution in [0.15, 0.2) is 35.1 Å². The van der Waals surface area contributed by atoms with E-state index in [1.165, 1.54) is 19.1 Å². The summed E-state index contributed by atoms with van der Waals surface area (Å²) in [7, 11) is 0. The summed E-state index contributed by atoms with van der Waals surface area (Å²) in [5, 5.41) is 11.8. The van der Waals surface area contributed by atoms with Crippen molar-refractivity contribution in [3.8, 4) is 0 Å². The summed E-state index contributed by atoms with van der Waals surface area (Å²) in [5.74, 6) is -0.481. The van der Waals surface area contributed by atoms with Gasteiger partial charge in [0.15, 0.2) is 0 Å². The monoisotopic (exact) mass is 341 g/mol. The highest BCUT2D eigenvalue weighted by Gasteiger charge is 2.30. The van der Waals surface area contributed by atoms with Gasteiger partial charge in [-0.2, -0.15) is 13.2 Å². The summed E-state index contributed by atoms with van der Waals surface area (Å²) in [5.41, 5.74) is -1.20. The van der Waals surface area contributed by atoms with Crippen molar-refractivity contribution in [2.24, 2.45) is 0 Å². The minimum Gasteiger partial charge on any atom is -0.394 e. The zero-order valence-corrected chi connectivity index (χ0v) is 12.5. The van der Waals surface area contributed by atoms with E-state index < -0.39 is 35.9 Å². The van der Waals surface area contributed by atoms with E-state index in [9.17, 15) is 27.9 Å². The summed E-state index contributed by atoms with van der Waals surface area (Å²) in [6.07, 6.45) is -4.47. The Morgan fingerprint density at radius 2 is 1.96 bits per heavy atom. The molecule has 1 amide bonds. The number of H-pyrrole nitrogens is 1. The van der Waals surface area contributed by atoms with Gasteiger partial charge >= 0.3 is 6.18 Å². The first-order valence-electron chi connectivity index (χ1n) is 6.87. The normalized spacial score (nSPS) is 12.7. The van der Waals surface area contributed by atoms with Gasteiger partial charge in [0.05, 0.1) is 18.2 Å². The number of aryl methyl sites for hydroxylation is 1. The number of carbonyl (C=O) groups is 1. The number of halogens is 3. The standard InChI is InChI=1S/C15H14F3N3O3/c1-8-19-11(6-13(23)20-8)14(24)21-12(7-22)9-2-4-10(5-3-9)15(16,17)18/h2-6,12,22H,7H2,1H3,(H,21,24)(H,19,20,23). The van der Waals surface area contributed by atoms with E-state index in [-0.39, 0.29) is 11.5 Å². The van der Waals surface area contributed by atoms with Gasteiger partial charge in [0.1, 0.15) is 11.5 Å². The van der Waals surface area contributed by atoms with Crippen molar-refractivity contribution in [1.29, 1.82) is 0 Å². The van der Waals surface area contributed by atoms with Gasteiger partial charge in [0.2, 0.25) is 0 Å². The van der Waals surface area contributed by atoms with Gasteiger partial charge < -0.3 is 15.4 Å². The SMILES string of the molecule is Cc1nc(C(=O)NC(CO)c2ccc(C(F)(F)F)cc2)cc(=O)[nH]1. The molecule has 0 spiro atoms. The molecule has 0 aliphatic carbocycles. The van der Waals surface area contributed by atoms with Crippen LogP contribution in [0.2, 0.25) is 0 Å². The van der Waals surface area contributed by atoms with Crippen LogP contribution in [0.1, 0.15) is 33.5 Å². The van der Waals surface area contributed by atoms with Crippen LogP contribution in [0.4, 0.5) is 13.2 Å². The Labute approximate surface area is 134 Å². The lowest BCUT2D eigenvalue weighted by molar-refractivity contribution is -0.137. The molecule has 0 radical (unpaired) electrons. The molecule has 0 aliphatic heterocycles. The zero-order valence-electron chi connectivity index (χ0n) is 12.5. The van der Waals surface area contributed by atoms with Gasteiger partial charge in [-0.1, -0.05) is 12.1 Å². The van der Waals surface area contributed by atoms with Gasteiger partial charge in [-0.15, -0.1) is 0 Å². The molecule has 1 aromatic carbocycles. The summed E-state index contributed by atoms with van der Waals surface area (Å²) in [4.78, 5) is 29.7. The third kappa shape index (κ3) is 4.19. The first-order chi connectivity index (χ1) is 11.2. The average molecular weight is 341 g/mol. The number of nitrogens with zero attached hydrogens (tertiary/aromatic N) is 1. The number of aliphatic hydroxyl groups is 1. The number of aliphatic hydroxyl groups excluding tert-OH is 1. The molecule has 6 nitrogen and oxygen atoms in total. The minimum absolute atomic E-state index is 0.151. The van der Waals surface area contributed by atoms with Crippen LogP contribution in [-0.4, -0.2) is 27.6 Å². The fourth-order valence-corrected chi connectivity index (χ4v) is 2.07. The van der Waals surface area contributed by atoms with Gasteiger partial charge in [-0.25, -0.2) is 4.98 Å². The predicted molar refractivity (Wildman–Crippen MR) is 78.3 cm³/mol. The Morgan fingerprint density at radius 1 is 1.33 bits per heavy atom. The van der Waals surface area contributed by atoms with E-state index >= 15 is 0 Å². The topological polar surface area (TPSA) is 95.1 Å². The molecule has 0 saturated carbocycles. The minimum atomic E-state index is -4.47. The second kappa shape index (κ2) is 6.83. The van der Waals surface area contributed by atoms with Gasteiger partial charge in [0.25, 0.3) is 11.5 Å². The van der Waals surface area contributed by atoms with Crippen LogP contribution in [0, 0.1) is 6.92 Å². The fourth-order valence-electron chi connectivity index (χ4n) is 2.07. The van der Waals surface area contributed by atoms with Crippen LogP contribution in [0.25, 0.3) is 0 Å². The molecule has 0 bridgehead atoms. The maximum atomic E-state index is 12.5. The number of amides is 1. The molecule has 2 rings (SSSR count). The van der Waals surface area contributed by atoms with Crippen molar-refractivity contribution in [3.05, 3.63) is 63.3 Å². The molecule has 1 aromatic heterocycles. The Hall–Kier alpha value is -2.68. The number of rotatable bonds is 4. The summed E-state index contributed by atoms with van der Waals surface area (Å²) >= 11 is 0. The first kappa shape index (κ1) is 17.7. The molecular formula is C15H14F3N3O3. The molecule has 0 saturated heterocycles. The highest BCUT2D eigenvalue weighted by molar-refractivity contribution is 5.92. The molecule has 24 heavy (non-hydrogen) atoms. The molecule has 9 heteroatoms. The highest BCUT2D eigenvalue weighted by Crippen LogP contribution is 2.29. The Kier molecular flexibility index (Phi) is 5.03. The Bertz CT molecular complexity index is 785. The van der Waals surface area contributed by atoms with Crippen LogP contribution in [-0.2, 0) is 6.18 Å². The van der Waals surface area contributed by atoms with E-state index in [1.54, 1.807) is 0 Å². The van der Waals surface area contributed by atoms with Crippen LogP contribution in [0.5, 0.6) is 0 Å². The maximum absolute atomic E-state index is 12.5. The van der Waals surface area contributed by atoms with Gasteiger partial charge in [0, 0.05) is 6.07 Å². The summed E-state index contributed by atoms with van der Waals surface area (Å²) in [6, 6.07) is 4.12. The van der Waals surface area contributed by atoms with Crippen LogP contribution in [0.3, 0.4) is 0 Å². The second-order valence-electron chi connectivity index (χ2n) is 5.04. The fraction of sp³-hybridized carbons (Fsp3) is 0.267. The van der Waals surface area contributed by atoms with Gasteiger partial charge in [-0.05, 0) is 24.6 Å². The highest BCUT2D eigenvalue weighted by atomic mass is 19.4. The quantitative estimate of drug-likeness (QED) is 0.786. The molecule has 2 aromatic rings. The maximum Gasteiger partial charge on any atom is 0.416 e. The van der Waals surface area contributed by atoms with Crippen molar-refractivity contribution in [2.45, 2.75) is 19.1 Å². The lowest BCUT2D eigenvalue weighted by Crippen LogP contribution is -2.32. The van der Waals surface area contributed by atoms with E-state index in [2.05, 4.69) is 15.3 Å². The molecule has 1 unspecified atom stereocenters. The number of benzene rings is 1. The van der Waals surface area contributed by atoms with Crippen molar-refractivity contribution in [3.63, 3.8) is 0 Å². The smallest absolute Gasteiger partial charge is 0.394 e. The van der Waals surface area contributed by atoms with Crippen LogP contribution >= 0.6 is 0 Å². The molecule has 1 atom stereocenters. The molecule has 0 fully saturated rings. The van der Waals surface area contributed by atoms with E-state index in [1.807, 2.05) is 0 Å². The largest absolute Gasteiger partial charge is 0.416 e. The van der Waals surface area contributed by atoms with Crippen molar-refractivity contribution >= 4 is 5.91 Å². The lowest BCUT2D eigenvalue weighted by atomic mass is 10.0. The zero-order chi connectivity index (χ0) is 17.9. The number of hydrogen-bond donors (Lipinski definition) is 3. The summed E-state index contributed by atoms with van der Waals surface area (Å²) < 4.78 is 37.6. The number of aromatic nitrogens is 2. The van der Waals surface area contributed by atoms with E-state index in [0.717, 1.165) is 18.2 Å². The predicted octanol–water partition coefficient (Wildman–Crippen LogP) is 1.56. The number of aromatic amines is 1. The molecule has 0 aliphatic rings. The number of carbonyl (C=O) groups excluding carboxylic acids is 1. The first-order valence-corrected chi connectivity index (χ1v) is 6.87. The molecule has 128 valence electrons. The lowest BCUT2D eigenvalue weighted by Gasteiger charge is -2.17. The Morgan fingerprint density at radius 3 is 2.46 bits per heavy atom. The molecular weight excluding hydrogens is 327 g/mol. The van der Waals surface area contributed by atoms with Crippen molar-refractivity contribution in [2.75, 3.05) is 6.61 Å². The van der Waals surface area contributed by atoms with Crippen molar-refractivity contribution in [1.82, 2.24) is 15.3 Å². The third-order valence-corrected chi connectivity index (χ3v) is 3.22. The van der Waals surface area contributed by atoms with Crippen molar-refractivity contribution < 1.29 is 23.1 Å². The molecule has 3 N–H and O–H groups in total. The van der Waals surface area contributed by atoms with E-state index in [4.69, 9.17) is 0 Å². The Balaban J connectivity index is 2.19. The number of hydrogen-bond acceptors (Lipinski definition) is 4. The average Bonchev–Trinajstić information content (AvgIpc) is 2.50. The number of nitrogens with one attached hydrogen (secondary N) is 2.